The predicted octanol–water partition coefficient (Wildman–Crippen LogP) is 2.58. The molecule has 1 aromatic rings. The summed E-state index contributed by atoms with van der Waals surface area (Å²) >= 11 is 0. The van der Waals surface area contributed by atoms with E-state index in [0.29, 0.717) is 32.8 Å². The van der Waals surface area contributed by atoms with Crippen molar-refractivity contribution in [2.45, 2.75) is 13.3 Å². The summed E-state index contributed by atoms with van der Waals surface area (Å²) in [4.78, 5) is 11.0. The number of methoxy groups -OCH3 is 2. The molecule has 0 atom stereocenters. The van der Waals surface area contributed by atoms with Crippen LogP contribution in [-0.4, -0.2) is 46.4 Å². The summed E-state index contributed by atoms with van der Waals surface area (Å²) in [5, 5.41) is 0. The first kappa shape index (κ1) is 17.8. The summed E-state index contributed by atoms with van der Waals surface area (Å²) in [6.45, 7) is 4.49. The lowest BCUT2D eigenvalue weighted by Gasteiger charge is -2.00. The Morgan fingerprint density at radius 1 is 0.947 bits per heavy atom. The first-order chi connectivity index (χ1) is 9.26. The Bertz CT molecular complexity index is 305. The van der Waals surface area contributed by atoms with E-state index in [1.54, 1.807) is 14.2 Å². The zero-order valence-electron chi connectivity index (χ0n) is 12.1. The van der Waals surface area contributed by atoms with Crippen LogP contribution in [0, 0.1) is 0 Å². The van der Waals surface area contributed by atoms with Crippen molar-refractivity contribution in [3.05, 3.63) is 35.9 Å². The molecule has 0 N–H and O–H groups in total. The molecule has 0 aliphatic carbocycles. The van der Waals surface area contributed by atoms with Gasteiger partial charge in [-0.2, -0.15) is 0 Å². The zero-order valence-corrected chi connectivity index (χ0v) is 12.1. The monoisotopic (exact) mass is 268 g/mol. The summed E-state index contributed by atoms with van der Waals surface area (Å²) < 4.78 is 14.6. The predicted molar refractivity (Wildman–Crippen MR) is 75.6 cm³/mol. The van der Waals surface area contributed by atoms with Gasteiger partial charge in [0.2, 0.25) is 0 Å². The Balaban J connectivity index is 0.000000344. The number of hydrogen-bond acceptors (Lipinski definition) is 4. The van der Waals surface area contributed by atoms with E-state index in [1.165, 1.54) is 0 Å². The molecule has 0 unspecified atom stereocenters. The first-order valence-corrected chi connectivity index (χ1v) is 6.40. The minimum atomic E-state index is 0.209. The highest BCUT2D eigenvalue weighted by Gasteiger charge is 1.98. The second kappa shape index (κ2) is 13.2. The third kappa shape index (κ3) is 10.4. The van der Waals surface area contributed by atoms with E-state index in [2.05, 4.69) is 0 Å². The maximum Gasteiger partial charge on any atom is 0.162 e. The summed E-state index contributed by atoms with van der Waals surface area (Å²) in [7, 11) is 3.30. The smallest absolute Gasteiger partial charge is 0.162 e. The second-order valence-corrected chi connectivity index (χ2v) is 3.74. The average molecular weight is 268 g/mol. The minimum Gasteiger partial charge on any atom is -0.382 e. The number of Topliss-reactive ketones (excluding diaryl/α,β-unsaturated/α-hetero) is 1. The van der Waals surface area contributed by atoms with Crippen molar-refractivity contribution in [3.8, 4) is 0 Å². The number of carbonyl (C=O) groups excluding carboxylic acids is 1. The number of ketones is 1. The molecule has 0 aliphatic rings. The van der Waals surface area contributed by atoms with Crippen LogP contribution in [0.4, 0.5) is 0 Å². The summed E-state index contributed by atoms with van der Waals surface area (Å²) in [5.74, 6) is 0.209. The van der Waals surface area contributed by atoms with Crippen molar-refractivity contribution in [3.63, 3.8) is 0 Å². The second-order valence-electron chi connectivity index (χ2n) is 3.74. The van der Waals surface area contributed by atoms with Gasteiger partial charge in [-0.25, -0.2) is 0 Å². The summed E-state index contributed by atoms with van der Waals surface area (Å²) in [5.41, 5.74) is 0.810. The lowest BCUT2D eigenvalue weighted by atomic mass is 10.1. The minimum absolute atomic E-state index is 0.209. The molecule has 0 bridgehead atoms. The van der Waals surface area contributed by atoms with Crippen LogP contribution in [0.15, 0.2) is 30.3 Å². The van der Waals surface area contributed by atoms with Crippen molar-refractivity contribution in [2.75, 3.05) is 40.6 Å². The molecule has 0 spiro atoms. The summed E-state index contributed by atoms with van der Waals surface area (Å²) in [6.07, 6.45) is 0.587. The molecular weight excluding hydrogens is 244 g/mol. The molecule has 108 valence electrons. The molecule has 0 aliphatic heterocycles. The van der Waals surface area contributed by atoms with Crippen molar-refractivity contribution < 1.29 is 19.0 Å². The van der Waals surface area contributed by atoms with Gasteiger partial charge in [-0.3, -0.25) is 4.79 Å². The molecule has 0 fully saturated rings. The first-order valence-electron chi connectivity index (χ1n) is 6.40. The molecular formula is C15H24O4. The topological polar surface area (TPSA) is 44.8 Å². The van der Waals surface area contributed by atoms with Crippen LogP contribution in [0.5, 0.6) is 0 Å². The SMILES string of the molecule is CCC(=O)c1ccccc1.COCCOCCOC. The van der Waals surface area contributed by atoms with Crippen LogP contribution < -0.4 is 0 Å². The van der Waals surface area contributed by atoms with Gasteiger partial charge in [-0.05, 0) is 0 Å². The fourth-order valence-electron chi connectivity index (χ4n) is 1.21. The molecule has 19 heavy (non-hydrogen) atoms. The Morgan fingerprint density at radius 2 is 1.47 bits per heavy atom. The number of benzene rings is 1. The van der Waals surface area contributed by atoms with Crippen molar-refractivity contribution in [1.82, 2.24) is 0 Å². The fourth-order valence-corrected chi connectivity index (χ4v) is 1.21. The molecule has 1 aromatic carbocycles. The Kier molecular flexibility index (Phi) is 12.4. The molecule has 4 nitrogen and oxygen atoms in total. The molecule has 0 aromatic heterocycles. The van der Waals surface area contributed by atoms with Gasteiger partial charge in [0.15, 0.2) is 5.78 Å². The van der Waals surface area contributed by atoms with Crippen LogP contribution in [0.25, 0.3) is 0 Å². The maximum absolute atomic E-state index is 11.0. The van der Waals surface area contributed by atoms with Crippen LogP contribution in [0.1, 0.15) is 23.7 Å². The van der Waals surface area contributed by atoms with Gasteiger partial charge < -0.3 is 14.2 Å². The van der Waals surface area contributed by atoms with E-state index in [-0.39, 0.29) is 5.78 Å². The third-order valence-electron chi connectivity index (χ3n) is 2.28. The van der Waals surface area contributed by atoms with Crippen LogP contribution in [0.2, 0.25) is 0 Å². The highest BCUT2D eigenvalue weighted by molar-refractivity contribution is 5.95. The highest BCUT2D eigenvalue weighted by Crippen LogP contribution is 2.01. The number of rotatable bonds is 8. The molecule has 0 saturated carbocycles. The van der Waals surface area contributed by atoms with Gasteiger partial charge in [-0.15, -0.1) is 0 Å². The molecule has 0 heterocycles. The fraction of sp³-hybridized carbons (Fsp3) is 0.533. The molecule has 0 radical (unpaired) electrons. The van der Waals surface area contributed by atoms with Gasteiger partial charge in [0.05, 0.1) is 26.4 Å². The standard InChI is InChI=1S/C9H10O.C6H14O3/c1-2-9(10)8-6-4-3-5-7-8;1-7-3-5-9-6-4-8-2/h3-7H,2H2,1H3;3-6H2,1-2H3. The van der Waals surface area contributed by atoms with Gasteiger partial charge in [0.25, 0.3) is 0 Å². The quantitative estimate of drug-likeness (QED) is 0.537. The van der Waals surface area contributed by atoms with Gasteiger partial charge in [-0.1, -0.05) is 37.3 Å². The molecule has 1 rings (SSSR count). The number of hydrogen-bond donors (Lipinski definition) is 0. The summed E-state index contributed by atoms with van der Waals surface area (Å²) in [6, 6.07) is 9.34. The van der Waals surface area contributed by atoms with Crippen LogP contribution >= 0.6 is 0 Å². The zero-order chi connectivity index (χ0) is 14.3. The Labute approximate surface area is 115 Å². The van der Waals surface area contributed by atoms with Crippen LogP contribution in [0.3, 0.4) is 0 Å². The average Bonchev–Trinajstić information content (AvgIpc) is 2.48. The molecule has 0 amide bonds. The third-order valence-corrected chi connectivity index (χ3v) is 2.28. The van der Waals surface area contributed by atoms with E-state index < -0.39 is 0 Å². The molecule has 4 heteroatoms. The Hall–Kier alpha value is -1.23. The number of ether oxygens (including phenoxy) is 3. The van der Waals surface area contributed by atoms with Gasteiger partial charge in [0, 0.05) is 26.2 Å². The van der Waals surface area contributed by atoms with Crippen LogP contribution in [-0.2, 0) is 14.2 Å². The lowest BCUT2D eigenvalue weighted by Crippen LogP contribution is -2.06. The lowest BCUT2D eigenvalue weighted by molar-refractivity contribution is 0.0385. The molecule has 0 saturated heterocycles. The van der Waals surface area contributed by atoms with Gasteiger partial charge >= 0.3 is 0 Å². The van der Waals surface area contributed by atoms with E-state index in [4.69, 9.17) is 14.2 Å². The van der Waals surface area contributed by atoms with E-state index in [1.807, 2.05) is 37.3 Å². The Morgan fingerprint density at radius 3 is 1.89 bits per heavy atom. The normalized spacial score (nSPS) is 9.63. The van der Waals surface area contributed by atoms with Crippen molar-refractivity contribution in [2.24, 2.45) is 0 Å². The van der Waals surface area contributed by atoms with E-state index in [0.717, 1.165) is 5.56 Å². The van der Waals surface area contributed by atoms with Crippen molar-refractivity contribution >= 4 is 5.78 Å². The maximum atomic E-state index is 11.0. The van der Waals surface area contributed by atoms with E-state index in [9.17, 15) is 4.79 Å². The largest absolute Gasteiger partial charge is 0.382 e. The van der Waals surface area contributed by atoms with E-state index >= 15 is 0 Å². The number of carbonyl (C=O) groups is 1. The van der Waals surface area contributed by atoms with Gasteiger partial charge in [0.1, 0.15) is 0 Å². The van der Waals surface area contributed by atoms with Crippen molar-refractivity contribution in [1.29, 1.82) is 0 Å². The highest BCUT2D eigenvalue weighted by atomic mass is 16.5.